The average Bonchev–Trinajstić information content (AvgIpc) is 3.36. The van der Waals surface area contributed by atoms with E-state index in [1.807, 2.05) is 0 Å². The minimum absolute atomic E-state index is 0.00339. The number of nitrogens with two attached hydrogens (primary N) is 2. The van der Waals surface area contributed by atoms with E-state index >= 15 is 0 Å². The number of hydrogen-bond donors (Lipinski definition) is 3. The van der Waals surface area contributed by atoms with E-state index in [9.17, 15) is 18.8 Å². The number of piperazine rings is 1. The van der Waals surface area contributed by atoms with Gasteiger partial charge in [0, 0.05) is 45.0 Å². The van der Waals surface area contributed by atoms with E-state index in [0.29, 0.717) is 64.3 Å². The van der Waals surface area contributed by atoms with Gasteiger partial charge in [-0.05, 0) is 43.9 Å². The Morgan fingerprint density at radius 3 is 2.40 bits per heavy atom. The Bertz CT molecular complexity index is 1020. The van der Waals surface area contributed by atoms with Gasteiger partial charge < -0.3 is 20.0 Å². The van der Waals surface area contributed by atoms with Crippen LogP contribution in [0.15, 0.2) is 18.2 Å². The second kappa shape index (κ2) is 10.7. The van der Waals surface area contributed by atoms with Gasteiger partial charge in [0.2, 0.25) is 5.91 Å². The van der Waals surface area contributed by atoms with Crippen LogP contribution in [0.1, 0.15) is 25.7 Å². The van der Waals surface area contributed by atoms with Crippen molar-refractivity contribution in [1.29, 1.82) is 0 Å². The molecule has 10 nitrogen and oxygen atoms in total. The van der Waals surface area contributed by atoms with Crippen LogP contribution in [0.5, 0.6) is 0 Å². The summed E-state index contributed by atoms with van der Waals surface area (Å²) in [5.74, 6) is -1.08. The van der Waals surface area contributed by atoms with E-state index in [4.69, 9.17) is 23.1 Å². The minimum Gasteiger partial charge on any atom is -0.336 e. The molecule has 3 saturated heterocycles. The zero-order valence-corrected chi connectivity index (χ0v) is 20.3. The zero-order chi connectivity index (χ0) is 25.1. The highest BCUT2D eigenvalue weighted by Crippen LogP contribution is 2.23. The summed E-state index contributed by atoms with van der Waals surface area (Å²) in [5.41, 5.74) is 11.8. The molecular weight excluding hydrogens is 477 g/mol. The van der Waals surface area contributed by atoms with Gasteiger partial charge in [0.15, 0.2) is 6.04 Å². The summed E-state index contributed by atoms with van der Waals surface area (Å²) >= 11 is 5.70. The van der Waals surface area contributed by atoms with Crippen LogP contribution >= 0.6 is 11.6 Å². The van der Waals surface area contributed by atoms with Crippen LogP contribution in [0.3, 0.4) is 0 Å². The number of likely N-dealkylation sites (tertiary alicyclic amines) is 1. The fraction of sp³-hybridized carbons (Fsp3) is 0.565. The fourth-order valence-electron chi connectivity index (χ4n) is 5.04. The Morgan fingerprint density at radius 1 is 1.00 bits per heavy atom. The Hall–Kier alpha value is -3.08. The van der Waals surface area contributed by atoms with Crippen molar-refractivity contribution in [2.75, 3.05) is 51.1 Å². The summed E-state index contributed by atoms with van der Waals surface area (Å²) in [6, 6.07) is 3.64. The molecule has 2 atom stereocenters. The van der Waals surface area contributed by atoms with E-state index in [1.54, 1.807) is 25.3 Å². The number of nitrogens with one attached hydrogen (secondary N) is 1. The number of benzene rings is 1. The molecular formula is C23H32ClFN7O3+. The average molecular weight is 509 g/mol. The number of carbonyl (C=O) groups is 3. The maximum absolute atomic E-state index is 13.7. The molecule has 3 fully saturated rings. The summed E-state index contributed by atoms with van der Waals surface area (Å²) in [5, 5.41) is 2.71. The molecule has 0 bridgehead atoms. The zero-order valence-electron chi connectivity index (χ0n) is 19.6. The molecule has 0 aliphatic carbocycles. The molecule has 12 heteroatoms. The second-order valence-corrected chi connectivity index (χ2v) is 9.68. The first kappa shape index (κ1) is 25.0. The SMILES string of the molecule is NC(N)=[N+]1CCC[C@@H]1C(=O)N1CCN(C(=O)N2CCC[C@H](C(=O)Nc3ccc(Cl)c(F)c3)C2)CC1. The molecule has 0 unspecified atom stereocenters. The molecule has 0 saturated carbocycles. The van der Waals surface area contributed by atoms with Crippen molar-refractivity contribution in [3.8, 4) is 0 Å². The Labute approximate surface area is 208 Å². The first-order valence-electron chi connectivity index (χ1n) is 12.0. The normalized spacial score (nSPS) is 22.8. The van der Waals surface area contributed by atoms with Crippen molar-refractivity contribution in [3.63, 3.8) is 0 Å². The lowest BCUT2D eigenvalue weighted by Gasteiger charge is -2.40. The number of halogens is 2. The number of nitrogens with zero attached hydrogens (tertiary/aromatic N) is 4. The molecule has 4 rings (SSSR count). The van der Waals surface area contributed by atoms with Crippen LogP contribution < -0.4 is 16.8 Å². The number of rotatable bonds is 3. The first-order chi connectivity index (χ1) is 16.7. The minimum atomic E-state index is -0.604. The van der Waals surface area contributed by atoms with Crippen LogP contribution in [-0.2, 0) is 9.59 Å². The molecule has 1 aromatic carbocycles. The fourth-order valence-corrected chi connectivity index (χ4v) is 5.16. The number of guanidine groups is 1. The molecule has 4 amide bonds. The van der Waals surface area contributed by atoms with Gasteiger partial charge in [0.25, 0.3) is 5.91 Å². The van der Waals surface area contributed by atoms with Gasteiger partial charge in [-0.2, -0.15) is 0 Å². The molecule has 0 radical (unpaired) electrons. The highest BCUT2D eigenvalue weighted by molar-refractivity contribution is 6.30. The lowest BCUT2D eigenvalue weighted by molar-refractivity contribution is -0.533. The van der Waals surface area contributed by atoms with Crippen LogP contribution in [0.2, 0.25) is 5.02 Å². The molecule has 0 aromatic heterocycles. The Kier molecular flexibility index (Phi) is 7.63. The predicted octanol–water partition coefficient (Wildman–Crippen LogP) is 0.842. The van der Waals surface area contributed by atoms with E-state index in [1.165, 1.54) is 12.1 Å². The van der Waals surface area contributed by atoms with Gasteiger partial charge in [-0.25, -0.2) is 9.18 Å². The number of anilines is 1. The lowest BCUT2D eigenvalue weighted by atomic mass is 9.97. The standard InChI is InChI=1S/C23H31ClFN7O3/c24-17-6-5-16(13-18(17)25)28-20(33)15-3-1-7-31(14-15)23(35)30-11-9-29(10-12-30)21(34)19-4-2-8-32(19)22(26)27/h5-6,13,15,19H,1-4,7-12,14H2,(H4,26,27,28,33)/p+1/t15-,19+/m0/s1. The van der Waals surface area contributed by atoms with Crippen molar-refractivity contribution in [3.05, 3.63) is 29.0 Å². The summed E-state index contributed by atoms with van der Waals surface area (Å²) in [6.07, 6.45) is 2.93. The van der Waals surface area contributed by atoms with Crippen LogP contribution in [0.25, 0.3) is 0 Å². The molecule has 3 aliphatic rings. The smallest absolute Gasteiger partial charge is 0.336 e. The van der Waals surface area contributed by atoms with Crippen LogP contribution in [-0.4, -0.2) is 94.9 Å². The summed E-state index contributed by atoms with van der Waals surface area (Å²) < 4.78 is 15.4. The van der Waals surface area contributed by atoms with Gasteiger partial charge in [0.05, 0.1) is 17.5 Å². The number of piperidine rings is 1. The summed E-state index contributed by atoms with van der Waals surface area (Å²) in [4.78, 5) is 44.0. The molecule has 3 heterocycles. The monoisotopic (exact) mass is 508 g/mol. The maximum atomic E-state index is 13.7. The Balaban J connectivity index is 1.29. The lowest BCUT2D eigenvalue weighted by Crippen LogP contribution is -2.58. The third-order valence-corrected chi connectivity index (χ3v) is 7.29. The highest BCUT2D eigenvalue weighted by Gasteiger charge is 2.37. The van der Waals surface area contributed by atoms with Gasteiger partial charge in [0.1, 0.15) is 5.82 Å². The van der Waals surface area contributed by atoms with E-state index in [2.05, 4.69) is 5.32 Å². The topological polar surface area (TPSA) is 128 Å². The van der Waals surface area contributed by atoms with Crippen molar-refractivity contribution >= 4 is 41.1 Å². The Morgan fingerprint density at radius 2 is 1.71 bits per heavy atom. The highest BCUT2D eigenvalue weighted by atomic mass is 35.5. The van der Waals surface area contributed by atoms with Gasteiger partial charge in [-0.1, -0.05) is 11.6 Å². The van der Waals surface area contributed by atoms with Crippen molar-refractivity contribution < 1.29 is 23.3 Å². The van der Waals surface area contributed by atoms with Gasteiger partial charge in [-0.3, -0.25) is 25.6 Å². The quantitative estimate of drug-likeness (QED) is 0.412. The number of carbonyl (C=O) groups excluding carboxylic acids is 3. The maximum Gasteiger partial charge on any atom is 0.341 e. The molecule has 3 aliphatic heterocycles. The first-order valence-corrected chi connectivity index (χ1v) is 12.4. The van der Waals surface area contributed by atoms with E-state index in [0.717, 1.165) is 12.8 Å². The third-order valence-electron chi connectivity index (χ3n) is 6.98. The van der Waals surface area contributed by atoms with Crippen molar-refractivity contribution in [2.45, 2.75) is 31.7 Å². The van der Waals surface area contributed by atoms with Gasteiger partial charge >= 0.3 is 12.0 Å². The summed E-state index contributed by atoms with van der Waals surface area (Å²) in [6.45, 7) is 3.28. The number of amides is 4. The molecule has 35 heavy (non-hydrogen) atoms. The second-order valence-electron chi connectivity index (χ2n) is 9.27. The van der Waals surface area contributed by atoms with Crippen molar-refractivity contribution in [1.82, 2.24) is 14.7 Å². The molecule has 5 N–H and O–H groups in total. The van der Waals surface area contributed by atoms with Crippen LogP contribution in [0, 0.1) is 11.7 Å². The van der Waals surface area contributed by atoms with E-state index in [-0.39, 0.29) is 40.8 Å². The van der Waals surface area contributed by atoms with Crippen molar-refractivity contribution in [2.24, 2.45) is 17.4 Å². The number of hydrogen-bond acceptors (Lipinski definition) is 3. The predicted molar refractivity (Wildman–Crippen MR) is 129 cm³/mol. The van der Waals surface area contributed by atoms with E-state index < -0.39 is 5.82 Å². The van der Waals surface area contributed by atoms with Crippen LogP contribution in [0.4, 0.5) is 14.9 Å². The van der Waals surface area contributed by atoms with Gasteiger partial charge in [-0.15, -0.1) is 0 Å². The molecule has 0 spiro atoms. The molecule has 190 valence electrons. The largest absolute Gasteiger partial charge is 0.341 e. The number of urea groups is 1. The molecule has 1 aromatic rings. The summed E-state index contributed by atoms with van der Waals surface area (Å²) in [7, 11) is 0. The third kappa shape index (κ3) is 5.61.